The molecule has 0 aliphatic rings. The van der Waals surface area contributed by atoms with Gasteiger partial charge in [0.15, 0.2) is 5.82 Å². The van der Waals surface area contributed by atoms with Crippen molar-refractivity contribution in [1.82, 2.24) is 14.9 Å². The zero-order valence-electron chi connectivity index (χ0n) is 12.2. The van der Waals surface area contributed by atoms with Gasteiger partial charge in [-0.3, -0.25) is 4.79 Å². The van der Waals surface area contributed by atoms with Crippen molar-refractivity contribution in [3.63, 3.8) is 0 Å². The zero-order valence-corrected chi connectivity index (χ0v) is 13.0. The van der Waals surface area contributed by atoms with Crippen molar-refractivity contribution >= 4 is 27.5 Å². The van der Waals surface area contributed by atoms with Crippen LogP contribution < -0.4 is 4.74 Å². The minimum Gasteiger partial charge on any atom is -0.480 e. The van der Waals surface area contributed by atoms with Crippen LogP contribution in [0, 0.1) is 6.92 Å². The van der Waals surface area contributed by atoms with Crippen molar-refractivity contribution in [2.45, 2.75) is 13.5 Å². The Morgan fingerprint density at radius 2 is 2.00 bits per heavy atom. The molecule has 2 heterocycles. The maximum atomic E-state index is 12.2. The SMILES string of the molecule is COCc1nc(OC)c2c(C)c(C(=O)N(C)C)sc2n1. The van der Waals surface area contributed by atoms with Crippen molar-refractivity contribution in [2.75, 3.05) is 28.3 Å². The largest absolute Gasteiger partial charge is 0.480 e. The number of hydrogen-bond donors (Lipinski definition) is 0. The minimum atomic E-state index is -0.0409. The third-order valence-electron chi connectivity index (χ3n) is 2.87. The number of amides is 1. The first-order valence-corrected chi connectivity index (χ1v) is 6.85. The normalized spacial score (nSPS) is 10.8. The minimum absolute atomic E-state index is 0.0409. The van der Waals surface area contributed by atoms with Crippen molar-refractivity contribution in [3.8, 4) is 5.88 Å². The molecule has 6 nitrogen and oxygen atoms in total. The number of thiophene rings is 1. The van der Waals surface area contributed by atoms with Crippen LogP contribution in [-0.2, 0) is 11.3 Å². The van der Waals surface area contributed by atoms with E-state index in [4.69, 9.17) is 9.47 Å². The van der Waals surface area contributed by atoms with E-state index < -0.39 is 0 Å². The van der Waals surface area contributed by atoms with Gasteiger partial charge in [-0.25, -0.2) is 4.98 Å². The second-order valence-corrected chi connectivity index (χ2v) is 5.52. The number of fused-ring (bicyclic) bond motifs is 1. The van der Waals surface area contributed by atoms with Crippen LogP contribution in [0.5, 0.6) is 5.88 Å². The van der Waals surface area contributed by atoms with E-state index in [9.17, 15) is 4.79 Å². The van der Waals surface area contributed by atoms with Crippen LogP contribution in [-0.4, -0.2) is 49.1 Å². The predicted molar refractivity (Wildman–Crippen MR) is 77.4 cm³/mol. The van der Waals surface area contributed by atoms with Gasteiger partial charge < -0.3 is 14.4 Å². The van der Waals surface area contributed by atoms with E-state index in [1.807, 2.05) is 6.92 Å². The van der Waals surface area contributed by atoms with E-state index in [0.717, 1.165) is 15.8 Å². The van der Waals surface area contributed by atoms with E-state index in [1.165, 1.54) is 11.3 Å². The molecule has 0 saturated heterocycles. The predicted octanol–water partition coefficient (Wildman–Crippen LogP) is 1.86. The van der Waals surface area contributed by atoms with Crippen LogP contribution in [0.2, 0.25) is 0 Å². The maximum Gasteiger partial charge on any atom is 0.263 e. The third kappa shape index (κ3) is 2.46. The van der Waals surface area contributed by atoms with Gasteiger partial charge in [-0.15, -0.1) is 11.3 Å². The van der Waals surface area contributed by atoms with E-state index in [-0.39, 0.29) is 5.91 Å². The lowest BCUT2D eigenvalue weighted by molar-refractivity contribution is 0.0831. The Bertz CT molecular complexity index is 652. The van der Waals surface area contributed by atoms with Crippen molar-refractivity contribution in [3.05, 3.63) is 16.3 Å². The van der Waals surface area contributed by atoms with Crippen molar-refractivity contribution in [1.29, 1.82) is 0 Å². The van der Waals surface area contributed by atoms with Crippen LogP contribution in [0.1, 0.15) is 21.1 Å². The Morgan fingerprint density at radius 3 is 2.55 bits per heavy atom. The quantitative estimate of drug-likeness (QED) is 0.861. The van der Waals surface area contributed by atoms with Gasteiger partial charge in [-0.1, -0.05) is 0 Å². The molecular formula is C13H17N3O3S. The highest BCUT2D eigenvalue weighted by Crippen LogP contribution is 2.35. The number of rotatable bonds is 4. The molecule has 2 aromatic rings. The summed E-state index contributed by atoms with van der Waals surface area (Å²) in [5.41, 5.74) is 0.851. The summed E-state index contributed by atoms with van der Waals surface area (Å²) in [5, 5.41) is 0.794. The molecule has 0 aliphatic carbocycles. The summed E-state index contributed by atoms with van der Waals surface area (Å²) in [5.74, 6) is 0.983. The molecular weight excluding hydrogens is 278 g/mol. The van der Waals surface area contributed by atoms with Crippen LogP contribution in [0.3, 0.4) is 0 Å². The second-order valence-electron chi connectivity index (χ2n) is 4.52. The van der Waals surface area contributed by atoms with Gasteiger partial charge in [-0.05, 0) is 12.5 Å². The highest BCUT2D eigenvalue weighted by atomic mass is 32.1. The fourth-order valence-corrected chi connectivity index (χ4v) is 3.10. The fourth-order valence-electron chi connectivity index (χ4n) is 1.89. The molecule has 0 saturated carbocycles. The summed E-state index contributed by atoms with van der Waals surface area (Å²) in [6.45, 7) is 2.19. The summed E-state index contributed by atoms with van der Waals surface area (Å²) >= 11 is 1.35. The number of carbonyl (C=O) groups is 1. The topological polar surface area (TPSA) is 64.6 Å². The van der Waals surface area contributed by atoms with Crippen LogP contribution in [0.25, 0.3) is 10.2 Å². The third-order valence-corrected chi connectivity index (χ3v) is 4.04. The molecule has 20 heavy (non-hydrogen) atoms. The van der Waals surface area contributed by atoms with Crippen molar-refractivity contribution < 1.29 is 14.3 Å². The molecule has 0 radical (unpaired) electrons. The zero-order chi connectivity index (χ0) is 14.9. The lowest BCUT2D eigenvalue weighted by atomic mass is 10.2. The van der Waals surface area contributed by atoms with Gasteiger partial charge >= 0.3 is 0 Å². The molecule has 1 amide bonds. The first kappa shape index (κ1) is 14.7. The van der Waals surface area contributed by atoms with Gasteiger partial charge in [0, 0.05) is 21.2 Å². The molecule has 7 heteroatoms. The Hall–Kier alpha value is -1.73. The molecule has 0 N–H and O–H groups in total. The summed E-state index contributed by atoms with van der Waals surface area (Å²) in [6.07, 6.45) is 0. The molecule has 108 valence electrons. The first-order valence-electron chi connectivity index (χ1n) is 6.04. The lowest BCUT2D eigenvalue weighted by Gasteiger charge is -2.08. The molecule has 0 unspecified atom stereocenters. The molecule has 0 spiro atoms. The first-order chi connectivity index (χ1) is 9.49. The number of hydrogen-bond acceptors (Lipinski definition) is 6. The van der Waals surface area contributed by atoms with Crippen LogP contribution >= 0.6 is 11.3 Å². The molecule has 0 aliphatic heterocycles. The smallest absolute Gasteiger partial charge is 0.263 e. The van der Waals surface area contributed by atoms with Crippen LogP contribution in [0.15, 0.2) is 0 Å². The van der Waals surface area contributed by atoms with Gasteiger partial charge in [0.2, 0.25) is 5.88 Å². The summed E-state index contributed by atoms with van der Waals surface area (Å²) in [7, 11) is 6.60. The monoisotopic (exact) mass is 295 g/mol. The Kier molecular flexibility index (Phi) is 4.20. The summed E-state index contributed by atoms with van der Waals surface area (Å²) in [6, 6.07) is 0. The Morgan fingerprint density at radius 1 is 1.30 bits per heavy atom. The van der Waals surface area contributed by atoms with Gasteiger partial charge in [0.25, 0.3) is 5.91 Å². The molecule has 2 rings (SSSR count). The molecule has 0 aromatic carbocycles. The number of methoxy groups -OCH3 is 2. The second kappa shape index (κ2) is 5.72. The van der Waals surface area contributed by atoms with Gasteiger partial charge in [-0.2, -0.15) is 4.98 Å². The summed E-state index contributed by atoms with van der Waals surface area (Å²) < 4.78 is 10.4. The standard InChI is InChI=1S/C13H17N3O3S/c1-7-9-11(19-5)14-8(6-18-4)15-12(9)20-10(7)13(17)16(2)3/h6H2,1-5H3. The highest BCUT2D eigenvalue weighted by molar-refractivity contribution is 7.20. The van der Waals surface area contributed by atoms with E-state index in [2.05, 4.69) is 9.97 Å². The Labute approximate surface area is 121 Å². The van der Waals surface area contributed by atoms with E-state index >= 15 is 0 Å². The molecule has 0 bridgehead atoms. The van der Waals surface area contributed by atoms with Gasteiger partial charge in [0.1, 0.15) is 11.4 Å². The molecule has 2 aromatic heterocycles. The van der Waals surface area contributed by atoms with Crippen molar-refractivity contribution in [2.24, 2.45) is 0 Å². The van der Waals surface area contributed by atoms with E-state index in [0.29, 0.717) is 23.2 Å². The fraction of sp³-hybridized carbons (Fsp3) is 0.462. The number of aromatic nitrogens is 2. The van der Waals surface area contributed by atoms with Crippen LogP contribution in [0.4, 0.5) is 0 Å². The van der Waals surface area contributed by atoms with Gasteiger partial charge in [0.05, 0.1) is 17.4 Å². The lowest BCUT2D eigenvalue weighted by Crippen LogP contribution is -2.21. The number of ether oxygens (including phenoxy) is 2. The average Bonchev–Trinajstić information content (AvgIpc) is 2.74. The number of aryl methyl sites for hydroxylation is 1. The number of nitrogens with zero attached hydrogens (tertiary/aromatic N) is 3. The maximum absolute atomic E-state index is 12.2. The average molecular weight is 295 g/mol. The number of carbonyl (C=O) groups excluding carboxylic acids is 1. The highest BCUT2D eigenvalue weighted by Gasteiger charge is 2.21. The Balaban J connectivity index is 2.66. The molecule has 0 atom stereocenters. The van der Waals surface area contributed by atoms with E-state index in [1.54, 1.807) is 33.2 Å². The molecule has 0 fully saturated rings. The summed E-state index contributed by atoms with van der Waals surface area (Å²) in [4.78, 5) is 23.9.